The molecule has 4 heteroatoms. The number of hydrogen-bond acceptors (Lipinski definition) is 4. The third-order valence-corrected chi connectivity index (χ3v) is 2.47. The fraction of sp³-hybridized carbons (Fsp3) is 0.143. The Morgan fingerprint density at radius 3 is 1.28 bits per heavy atom. The summed E-state index contributed by atoms with van der Waals surface area (Å²) < 4.78 is 0. The first-order chi connectivity index (χ1) is 8.40. The Morgan fingerprint density at radius 2 is 1.06 bits per heavy atom. The summed E-state index contributed by atoms with van der Waals surface area (Å²) in [6.07, 6.45) is 0. The molecule has 0 atom stereocenters. The third-order valence-electron chi connectivity index (χ3n) is 2.47. The minimum Gasteiger partial charge on any atom is -0.508 e. The van der Waals surface area contributed by atoms with Crippen molar-refractivity contribution in [1.82, 2.24) is 0 Å². The molecule has 0 aliphatic carbocycles. The molecule has 0 spiro atoms. The van der Waals surface area contributed by atoms with Crippen molar-refractivity contribution < 1.29 is 10.2 Å². The molecule has 0 aliphatic heterocycles. The van der Waals surface area contributed by atoms with Gasteiger partial charge in [-0.3, -0.25) is 0 Å². The normalized spacial score (nSPS) is 9.44. The summed E-state index contributed by atoms with van der Waals surface area (Å²) in [5.74, 6) is 0.519. The summed E-state index contributed by atoms with van der Waals surface area (Å²) in [5, 5.41) is 18.0. The maximum Gasteiger partial charge on any atom is 0.120 e. The molecule has 0 heterocycles. The minimum atomic E-state index is 0.259. The van der Waals surface area contributed by atoms with Crippen LogP contribution in [0.15, 0.2) is 36.4 Å². The molecule has 0 radical (unpaired) electrons. The molecule has 96 valence electrons. The summed E-state index contributed by atoms with van der Waals surface area (Å²) in [6.45, 7) is 3.66. The molecule has 4 nitrogen and oxygen atoms in total. The number of phenols is 2. The van der Waals surface area contributed by atoms with Crippen LogP contribution in [0.25, 0.3) is 0 Å². The van der Waals surface area contributed by atoms with Crippen LogP contribution in [0.4, 0.5) is 11.4 Å². The van der Waals surface area contributed by atoms with Crippen LogP contribution in [0.1, 0.15) is 11.1 Å². The van der Waals surface area contributed by atoms with E-state index in [4.69, 9.17) is 21.7 Å². The lowest BCUT2D eigenvalue weighted by Gasteiger charge is -1.97. The molecule has 18 heavy (non-hydrogen) atoms. The van der Waals surface area contributed by atoms with Crippen molar-refractivity contribution in [2.24, 2.45) is 0 Å². The van der Waals surface area contributed by atoms with E-state index in [-0.39, 0.29) is 11.5 Å². The number of nitrogen functional groups attached to an aromatic ring is 2. The maximum absolute atomic E-state index is 9.02. The van der Waals surface area contributed by atoms with E-state index in [1.54, 1.807) is 24.3 Å². The molecule has 6 N–H and O–H groups in total. The van der Waals surface area contributed by atoms with Crippen LogP contribution in [-0.4, -0.2) is 10.2 Å². The lowest BCUT2D eigenvalue weighted by atomic mass is 10.2. The van der Waals surface area contributed by atoms with Crippen LogP contribution >= 0.6 is 0 Å². The first-order valence-corrected chi connectivity index (χ1v) is 5.50. The van der Waals surface area contributed by atoms with E-state index >= 15 is 0 Å². The zero-order chi connectivity index (χ0) is 13.7. The van der Waals surface area contributed by atoms with E-state index in [1.807, 2.05) is 13.8 Å². The number of aromatic hydroxyl groups is 2. The molecule has 0 aromatic heterocycles. The number of hydrogen-bond donors (Lipinski definition) is 4. The van der Waals surface area contributed by atoms with E-state index in [2.05, 4.69) is 0 Å². The largest absolute Gasteiger partial charge is 0.508 e. The molecule has 2 aromatic carbocycles. The lowest BCUT2D eigenvalue weighted by Crippen LogP contribution is -1.83. The van der Waals surface area contributed by atoms with Gasteiger partial charge in [-0.25, -0.2) is 0 Å². The van der Waals surface area contributed by atoms with Gasteiger partial charge in [0, 0.05) is 23.5 Å². The molecule has 2 aromatic rings. The Balaban J connectivity index is 0.000000180. The highest BCUT2D eigenvalue weighted by Crippen LogP contribution is 2.18. The van der Waals surface area contributed by atoms with Crippen molar-refractivity contribution in [3.63, 3.8) is 0 Å². The van der Waals surface area contributed by atoms with Gasteiger partial charge < -0.3 is 21.7 Å². The number of rotatable bonds is 0. The van der Waals surface area contributed by atoms with Crippen LogP contribution in [0.3, 0.4) is 0 Å². The number of phenolic OH excluding ortho intramolecular Hbond substituents is 2. The van der Waals surface area contributed by atoms with Crippen LogP contribution < -0.4 is 11.5 Å². The van der Waals surface area contributed by atoms with Gasteiger partial charge in [-0.1, -0.05) is 12.1 Å². The first-order valence-electron chi connectivity index (χ1n) is 5.50. The summed E-state index contributed by atoms with van der Waals surface area (Å²) in [4.78, 5) is 0. The Kier molecular flexibility index (Phi) is 4.43. The van der Waals surface area contributed by atoms with Crippen molar-refractivity contribution in [3.05, 3.63) is 47.5 Å². The molecule has 0 unspecified atom stereocenters. The van der Waals surface area contributed by atoms with Gasteiger partial charge >= 0.3 is 0 Å². The Hall–Kier alpha value is -2.36. The number of aryl methyl sites for hydroxylation is 2. The second-order valence-corrected chi connectivity index (χ2v) is 4.09. The predicted molar refractivity (Wildman–Crippen MR) is 74.5 cm³/mol. The van der Waals surface area contributed by atoms with Gasteiger partial charge in [0.2, 0.25) is 0 Å². The van der Waals surface area contributed by atoms with E-state index < -0.39 is 0 Å². The molecular formula is C14H18N2O2. The molecular weight excluding hydrogens is 228 g/mol. The molecule has 2 rings (SSSR count). The van der Waals surface area contributed by atoms with Gasteiger partial charge in [0.1, 0.15) is 11.5 Å². The zero-order valence-electron chi connectivity index (χ0n) is 10.5. The van der Waals surface area contributed by atoms with Gasteiger partial charge in [-0.05, 0) is 37.1 Å². The van der Waals surface area contributed by atoms with Crippen LogP contribution in [0.2, 0.25) is 0 Å². The monoisotopic (exact) mass is 246 g/mol. The van der Waals surface area contributed by atoms with Crippen LogP contribution in [-0.2, 0) is 0 Å². The van der Waals surface area contributed by atoms with E-state index in [0.717, 1.165) is 11.1 Å². The SMILES string of the molecule is Cc1ccc(N)cc1O.Cc1ccc(N)cc1O. The topological polar surface area (TPSA) is 92.5 Å². The summed E-state index contributed by atoms with van der Waals surface area (Å²) in [7, 11) is 0. The highest BCUT2D eigenvalue weighted by atomic mass is 16.3. The quantitative estimate of drug-likeness (QED) is 0.537. The highest BCUT2D eigenvalue weighted by Gasteiger charge is 1.93. The predicted octanol–water partition coefficient (Wildman–Crippen LogP) is 2.57. The molecule has 0 aliphatic rings. The summed E-state index contributed by atoms with van der Waals surface area (Å²) >= 11 is 0. The minimum absolute atomic E-state index is 0.259. The van der Waals surface area contributed by atoms with Gasteiger partial charge in [-0.15, -0.1) is 0 Å². The molecule has 0 bridgehead atoms. The van der Waals surface area contributed by atoms with Crippen molar-refractivity contribution in [1.29, 1.82) is 0 Å². The molecule has 0 fully saturated rings. The number of anilines is 2. The van der Waals surface area contributed by atoms with Crippen molar-refractivity contribution in [3.8, 4) is 11.5 Å². The van der Waals surface area contributed by atoms with Gasteiger partial charge in [-0.2, -0.15) is 0 Å². The average Bonchev–Trinajstić information content (AvgIpc) is 2.30. The summed E-state index contributed by atoms with van der Waals surface area (Å²) in [5.41, 5.74) is 13.6. The fourth-order valence-electron chi connectivity index (χ4n) is 1.25. The van der Waals surface area contributed by atoms with Crippen LogP contribution in [0, 0.1) is 13.8 Å². The summed E-state index contributed by atoms with van der Waals surface area (Å²) in [6, 6.07) is 10.2. The lowest BCUT2D eigenvalue weighted by molar-refractivity contribution is 0.471. The number of benzene rings is 2. The van der Waals surface area contributed by atoms with Crippen LogP contribution in [0.5, 0.6) is 11.5 Å². The van der Waals surface area contributed by atoms with Crippen molar-refractivity contribution in [2.45, 2.75) is 13.8 Å². The van der Waals surface area contributed by atoms with E-state index in [9.17, 15) is 0 Å². The zero-order valence-corrected chi connectivity index (χ0v) is 10.5. The fourth-order valence-corrected chi connectivity index (χ4v) is 1.25. The third kappa shape index (κ3) is 3.90. The highest BCUT2D eigenvalue weighted by molar-refractivity contribution is 5.47. The van der Waals surface area contributed by atoms with Crippen molar-refractivity contribution in [2.75, 3.05) is 11.5 Å². The Morgan fingerprint density at radius 1 is 0.722 bits per heavy atom. The standard InChI is InChI=1S/2C7H9NO/c2*1-5-2-3-6(8)4-7(5)9/h2*2-4,9H,8H2,1H3. The van der Waals surface area contributed by atoms with Gasteiger partial charge in [0.25, 0.3) is 0 Å². The Labute approximate surface area is 106 Å². The second kappa shape index (κ2) is 5.82. The van der Waals surface area contributed by atoms with Gasteiger partial charge in [0.05, 0.1) is 0 Å². The average molecular weight is 246 g/mol. The second-order valence-electron chi connectivity index (χ2n) is 4.09. The smallest absolute Gasteiger partial charge is 0.120 e. The van der Waals surface area contributed by atoms with E-state index in [1.165, 1.54) is 12.1 Å². The first kappa shape index (κ1) is 13.7. The van der Waals surface area contributed by atoms with Gasteiger partial charge in [0.15, 0.2) is 0 Å². The molecule has 0 saturated heterocycles. The van der Waals surface area contributed by atoms with E-state index in [0.29, 0.717) is 11.4 Å². The Bertz CT molecular complexity index is 490. The maximum atomic E-state index is 9.02. The molecule has 0 amide bonds. The molecule has 0 saturated carbocycles. The number of nitrogens with two attached hydrogens (primary N) is 2. The van der Waals surface area contributed by atoms with Crippen molar-refractivity contribution >= 4 is 11.4 Å².